The average molecular weight is 560 g/mol. The summed E-state index contributed by atoms with van der Waals surface area (Å²) in [5, 5.41) is 16.3. The van der Waals surface area contributed by atoms with Gasteiger partial charge in [-0.3, -0.25) is 14.9 Å². The van der Waals surface area contributed by atoms with Gasteiger partial charge >= 0.3 is 12.1 Å². The number of nitro groups is 1. The summed E-state index contributed by atoms with van der Waals surface area (Å²) in [7, 11) is 1.21. The molecule has 0 saturated carbocycles. The van der Waals surface area contributed by atoms with Crippen molar-refractivity contribution < 1.29 is 28.8 Å². The molecule has 1 aliphatic carbocycles. The van der Waals surface area contributed by atoms with E-state index in [4.69, 9.17) is 9.47 Å². The lowest BCUT2D eigenvalue weighted by Gasteiger charge is -2.24. The molecule has 3 aromatic rings. The van der Waals surface area contributed by atoms with E-state index in [-0.39, 0.29) is 30.6 Å². The monoisotopic (exact) mass is 559 g/mol. The Hall–Kier alpha value is -4.73. The molecule has 0 bridgehead atoms. The molecule has 0 radical (unpaired) electrons. The lowest BCUT2D eigenvalue weighted by atomic mass is 9.98. The van der Waals surface area contributed by atoms with Crippen molar-refractivity contribution >= 4 is 23.7 Å². The topological polar surface area (TPSA) is 137 Å². The molecule has 0 fully saturated rings. The Morgan fingerprint density at radius 3 is 2.00 bits per heavy atom. The van der Waals surface area contributed by atoms with Gasteiger partial charge in [0.25, 0.3) is 5.69 Å². The summed E-state index contributed by atoms with van der Waals surface area (Å²) in [6.45, 7) is 3.92. The van der Waals surface area contributed by atoms with E-state index < -0.39 is 35.0 Å². The van der Waals surface area contributed by atoms with Crippen LogP contribution in [0.4, 0.5) is 10.5 Å². The lowest BCUT2D eigenvalue weighted by molar-refractivity contribution is -0.384. The van der Waals surface area contributed by atoms with Gasteiger partial charge in [-0.1, -0.05) is 74.5 Å². The van der Waals surface area contributed by atoms with Crippen molar-refractivity contribution in [2.75, 3.05) is 13.7 Å². The first-order valence-corrected chi connectivity index (χ1v) is 13.4. The van der Waals surface area contributed by atoms with Gasteiger partial charge in [0.2, 0.25) is 5.91 Å². The zero-order valence-corrected chi connectivity index (χ0v) is 23.2. The van der Waals surface area contributed by atoms with Gasteiger partial charge in [0.1, 0.15) is 18.7 Å². The molecule has 3 aromatic carbocycles. The number of nitrogens with zero attached hydrogens (tertiary/aromatic N) is 1. The van der Waals surface area contributed by atoms with Crippen molar-refractivity contribution in [2.24, 2.45) is 5.92 Å². The zero-order chi connectivity index (χ0) is 29.5. The number of methoxy groups -OCH3 is 1. The third kappa shape index (κ3) is 7.08. The van der Waals surface area contributed by atoms with E-state index in [0.717, 1.165) is 22.3 Å². The van der Waals surface area contributed by atoms with E-state index in [1.165, 1.54) is 31.4 Å². The van der Waals surface area contributed by atoms with E-state index >= 15 is 0 Å². The number of benzene rings is 3. The lowest BCUT2D eigenvalue weighted by Crippen LogP contribution is -2.53. The van der Waals surface area contributed by atoms with E-state index in [9.17, 15) is 24.5 Å². The molecule has 2 unspecified atom stereocenters. The summed E-state index contributed by atoms with van der Waals surface area (Å²) in [4.78, 5) is 49.1. The quantitative estimate of drug-likeness (QED) is 0.197. The number of esters is 1. The van der Waals surface area contributed by atoms with Crippen molar-refractivity contribution in [1.82, 2.24) is 10.6 Å². The first-order valence-electron chi connectivity index (χ1n) is 13.4. The van der Waals surface area contributed by atoms with Gasteiger partial charge in [0.05, 0.1) is 12.0 Å². The summed E-state index contributed by atoms with van der Waals surface area (Å²) >= 11 is 0. The second-order valence-corrected chi connectivity index (χ2v) is 10.4. The van der Waals surface area contributed by atoms with Crippen molar-refractivity contribution in [1.29, 1.82) is 0 Å². The molecule has 2 atom stereocenters. The van der Waals surface area contributed by atoms with E-state index in [1.807, 2.05) is 62.4 Å². The predicted molar refractivity (Wildman–Crippen MR) is 152 cm³/mol. The number of fused-ring (bicyclic) bond motifs is 3. The maximum absolute atomic E-state index is 13.3. The maximum atomic E-state index is 13.3. The SMILES string of the molecule is COC(=O)C(Cc1ccc([N+](=O)[O-])cc1)NC(=O)C(CC(C)C)NC(=O)OCC1c2ccccc2-c2ccccc21. The number of carbonyl (C=O) groups excluding carboxylic acids is 3. The highest BCUT2D eigenvalue weighted by Crippen LogP contribution is 2.44. The highest BCUT2D eigenvalue weighted by atomic mass is 16.6. The van der Waals surface area contributed by atoms with Crippen LogP contribution in [0.5, 0.6) is 0 Å². The Balaban J connectivity index is 1.42. The minimum absolute atomic E-state index is 0.0471. The molecule has 1 aliphatic rings. The van der Waals surface area contributed by atoms with Crippen molar-refractivity contribution in [3.05, 3.63) is 99.6 Å². The second kappa shape index (κ2) is 13.1. The van der Waals surface area contributed by atoms with Crippen LogP contribution in [0.25, 0.3) is 11.1 Å². The first kappa shape index (κ1) is 29.3. The molecular formula is C31H33N3O7. The fourth-order valence-corrected chi connectivity index (χ4v) is 5.08. The number of nitro benzene ring substituents is 1. The van der Waals surface area contributed by atoms with Crippen LogP contribution in [0.2, 0.25) is 0 Å². The van der Waals surface area contributed by atoms with Gasteiger partial charge in [-0.2, -0.15) is 0 Å². The summed E-state index contributed by atoms with van der Waals surface area (Å²) < 4.78 is 10.5. The predicted octanol–water partition coefficient (Wildman–Crippen LogP) is 4.75. The molecule has 2 N–H and O–H groups in total. The average Bonchev–Trinajstić information content (AvgIpc) is 3.28. The van der Waals surface area contributed by atoms with E-state index in [1.54, 1.807) is 0 Å². The number of carbonyl (C=O) groups is 3. The minimum Gasteiger partial charge on any atom is -0.467 e. The highest BCUT2D eigenvalue weighted by Gasteiger charge is 2.31. The van der Waals surface area contributed by atoms with Gasteiger partial charge in [0, 0.05) is 24.5 Å². The number of ether oxygens (including phenoxy) is 2. The fourth-order valence-electron chi connectivity index (χ4n) is 5.08. The smallest absolute Gasteiger partial charge is 0.407 e. The van der Waals surface area contributed by atoms with Gasteiger partial charge in [-0.15, -0.1) is 0 Å². The van der Waals surface area contributed by atoms with Crippen LogP contribution in [-0.2, 0) is 25.5 Å². The van der Waals surface area contributed by atoms with E-state index in [0.29, 0.717) is 12.0 Å². The number of non-ortho nitro benzene ring substituents is 1. The fraction of sp³-hybridized carbons (Fsp3) is 0.323. The Bertz CT molecular complexity index is 1380. The van der Waals surface area contributed by atoms with Crippen LogP contribution >= 0.6 is 0 Å². The maximum Gasteiger partial charge on any atom is 0.407 e. The summed E-state index contributed by atoms with van der Waals surface area (Å²) in [5.41, 5.74) is 4.87. The molecular weight excluding hydrogens is 526 g/mol. The van der Waals surface area contributed by atoms with Crippen LogP contribution in [0.15, 0.2) is 72.8 Å². The van der Waals surface area contributed by atoms with Gasteiger partial charge in [-0.25, -0.2) is 9.59 Å². The zero-order valence-electron chi connectivity index (χ0n) is 23.2. The molecule has 0 saturated heterocycles. The first-order chi connectivity index (χ1) is 19.7. The largest absolute Gasteiger partial charge is 0.467 e. The van der Waals surface area contributed by atoms with Gasteiger partial charge < -0.3 is 20.1 Å². The van der Waals surface area contributed by atoms with Crippen LogP contribution in [-0.4, -0.2) is 48.7 Å². The van der Waals surface area contributed by atoms with Crippen LogP contribution in [0.1, 0.15) is 42.9 Å². The number of hydrogen-bond donors (Lipinski definition) is 2. The molecule has 0 aromatic heterocycles. The van der Waals surface area contributed by atoms with Crippen molar-refractivity contribution in [3.63, 3.8) is 0 Å². The van der Waals surface area contributed by atoms with E-state index in [2.05, 4.69) is 10.6 Å². The minimum atomic E-state index is -1.06. The number of amides is 2. The molecule has 10 heteroatoms. The van der Waals surface area contributed by atoms with Crippen molar-refractivity contribution in [3.8, 4) is 11.1 Å². The molecule has 41 heavy (non-hydrogen) atoms. The number of rotatable bonds is 11. The summed E-state index contributed by atoms with van der Waals surface area (Å²) in [6.07, 6.45) is -0.380. The molecule has 214 valence electrons. The third-order valence-electron chi connectivity index (χ3n) is 7.05. The number of nitrogens with one attached hydrogen (secondary N) is 2. The molecule has 0 heterocycles. The highest BCUT2D eigenvalue weighted by molar-refractivity contribution is 5.90. The van der Waals surface area contributed by atoms with Crippen molar-refractivity contribution in [2.45, 2.75) is 44.7 Å². The third-order valence-corrected chi connectivity index (χ3v) is 7.05. The normalized spacial score (nSPS) is 13.5. The Morgan fingerprint density at radius 1 is 0.878 bits per heavy atom. The molecule has 0 aliphatic heterocycles. The Kier molecular flexibility index (Phi) is 9.34. The van der Waals surface area contributed by atoms with Crippen LogP contribution in [0.3, 0.4) is 0 Å². The Labute approximate surface area is 238 Å². The summed E-state index contributed by atoms with van der Waals surface area (Å²) in [5.74, 6) is -1.33. The van der Waals surface area contributed by atoms with Crippen LogP contribution in [0, 0.1) is 16.0 Å². The molecule has 10 nitrogen and oxygen atoms in total. The van der Waals surface area contributed by atoms with Gasteiger partial charge in [0.15, 0.2) is 0 Å². The second-order valence-electron chi connectivity index (χ2n) is 10.4. The number of alkyl carbamates (subject to hydrolysis) is 1. The Morgan fingerprint density at radius 2 is 1.46 bits per heavy atom. The molecule has 2 amide bonds. The standard InChI is InChI=1S/C31H33N3O7/c1-19(2)16-27(29(35)32-28(30(36)40-3)17-20-12-14-21(15-13-20)34(38)39)33-31(37)41-18-26-24-10-6-4-8-22(24)23-9-5-7-11-25(23)26/h4-15,19,26-28H,16-18H2,1-3H3,(H,32,35)(H,33,37). The molecule has 4 rings (SSSR count). The molecule has 0 spiro atoms. The van der Waals surface area contributed by atoms with Crippen LogP contribution < -0.4 is 10.6 Å². The summed E-state index contributed by atoms with van der Waals surface area (Å²) in [6, 6.07) is 19.7. The van der Waals surface area contributed by atoms with Gasteiger partial charge in [-0.05, 0) is 40.2 Å². The number of hydrogen-bond acceptors (Lipinski definition) is 7.